The number of hydrogen-bond donors (Lipinski definition) is 0. The quantitative estimate of drug-likeness (QED) is 0.611. The normalized spacial score (nSPS) is 17.1. The minimum Gasteiger partial charge on any atom is -0.489 e. The van der Waals surface area contributed by atoms with Gasteiger partial charge in [0.1, 0.15) is 19.0 Å². The van der Waals surface area contributed by atoms with Gasteiger partial charge in [-0.1, -0.05) is 63.2 Å². The Morgan fingerprint density at radius 1 is 1.10 bits per heavy atom. The highest BCUT2D eigenvalue weighted by Gasteiger charge is 2.41. The maximum absolute atomic E-state index is 13.0. The molecule has 0 N–H and O–H groups in total. The van der Waals surface area contributed by atoms with E-state index < -0.39 is 14.4 Å². The molecule has 0 aromatic heterocycles. The lowest BCUT2D eigenvalue weighted by Gasteiger charge is -2.39. The number of benzene rings is 2. The van der Waals surface area contributed by atoms with Crippen molar-refractivity contribution in [3.63, 3.8) is 0 Å². The number of ether oxygens (including phenoxy) is 2. The lowest BCUT2D eigenvalue weighted by atomic mass is 10.2. The highest BCUT2D eigenvalue weighted by atomic mass is 28.4. The Labute approximate surface area is 174 Å². The van der Waals surface area contributed by atoms with Crippen LogP contribution in [0.2, 0.25) is 18.1 Å². The number of rotatable bonds is 4. The Bertz CT molecular complexity index is 832. The predicted octanol–water partition coefficient (Wildman–Crippen LogP) is 5.61. The molecule has 0 saturated heterocycles. The summed E-state index contributed by atoms with van der Waals surface area (Å²) in [5.74, 6) is 0.672. The van der Waals surface area contributed by atoms with E-state index in [0.29, 0.717) is 24.6 Å². The highest BCUT2D eigenvalue weighted by Crippen LogP contribution is 2.39. The Balaban J connectivity index is 1.79. The molecule has 2 aromatic rings. The first kappa shape index (κ1) is 21.4. The topological polar surface area (TPSA) is 48.0 Å². The maximum atomic E-state index is 13.0. The molecule has 1 aliphatic rings. The monoisotopic (exact) mass is 413 g/mol. The van der Waals surface area contributed by atoms with Crippen LogP contribution in [0.15, 0.2) is 54.6 Å². The van der Waals surface area contributed by atoms with Crippen molar-refractivity contribution in [1.29, 1.82) is 0 Å². The molecule has 1 unspecified atom stereocenters. The van der Waals surface area contributed by atoms with Crippen LogP contribution in [-0.4, -0.2) is 33.7 Å². The minimum absolute atomic E-state index is 0.0742. The number of amides is 1. The average Bonchev–Trinajstić information content (AvgIpc) is 2.86. The van der Waals surface area contributed by atoms with Crippen molar-refractivity contribution in [1.82, 2.24) is 0 Å². The van der Waals surface area contributed by atoms with E-state index in [-0.39, 0.29) is 17.7 Å². The van der Waals surface area contributed by atoms with Crippen LogP contribution in [0.25, 0.3) is 0 Å². The summed E-state index contributed by atoms with van der Waals surface area (Å²) < 4.78 is 18.2. The summed E-state index contributed by atoms with van der Waals surface area (Å²) in [7, 11) is -2.01. The highest BCUT2D eigenvalue weighted by molar-refractivity contribution is 6.74. The van der Waals surface area contributed by atoms with E-state index in [4.69, 9.17) is 13.9 Å². The Kier molecular flexibility index (Phi) is 6.34. The largest absolute Gasteiger partial charge is 0.489 e. The van der Waals surface area contributed by atoms with Gasteiger partial charge in [0.25, 0.3) is 0 Å². The first-order chi connectivity index (χ1) is 13.7. The van der Waals surface area contributed by atoms with Crippen LogP contribution in [0.4, 0.5) is 10.5 Å². The van der Waals surface area contributed by atoms with Crippen LogP contribution in [-0.2, 0) is 15.8 Å². The number of anilines is 1. The third-order valence-electron chi connectivity index (χ3n) is 5.66. The van der Waals surface area contributed by atoms with Crippen LogP contribution < -0.4 is 9.64 Å². The summed E-state index contributed by atoms with van der Waals surface area (Å²) in [6.45, 7) is 12.1. The van der Waals surface area contributed by atoms with E-state index in [1.54, 1.807) is 4.90 Å². The number of nitrogens with zero attached hydrogens (tertiary/aromatic N) is 1. The van der Waals surface area contributed by atoms with Crippen LogP contribution in [0.5, 0.6) is 5.75 Å². The molecule has 1 aliphatic heterocycles. The molecule has 156 valence electrons. The second-order valence-electron chi connectivity index (χ2n) is 8.93. The molecular weight excluding hydrogens is 382 g/mol. The molecule has 0 aliphatic carbocycles. The molecular formula is C23H31NO4Si. The van der Waals surface area contributed by atoms with Crippen molar-refractivity contribution >= 4 is 20.1 Å². The van der Waals surface area contributed by atoms with Gasteiger partial charge in [0, 0.05) is 0 Å². The number of para-hydroxylation sites is 2. The fraction of sp³-hybridized carbons (Fsp3) is 0.435. The van der Waals surface area contributed by atoms with Gasteiger partial charge in [-0.2, -0.15) is 0 Å². The number of carbonyl (C=O) groups excluding carboxylic acids is 1. The zero-order valence-corrected chi connectivity index (χ0v) is 19.0. The molecule has 1 amide bonds. The molecule has 2 aromatic carbocycles. The van der Waals surface area contributed by atoms with Crippen LogP contribution in [0, 0.1) is 0 Å². The van der Waals surface area contributed by atoms with E-state index in [9.17, 15) is 4.79 Å². The zero-order chi connectivity index (χ0) is 21.1. The van der Waals surface area contributed by atoms with Gasteiger partial charge in [-0.25, -0.2) is 4.79 Å². The summed E-state index contributed by atoms with van der Waals surface area (Å²) in [6, 6.07) is 17.2. The zero-order valence-electron chi connectivity index (χ0n) is 18.0. The smallest absolute Gasteiger partial charge is 0.414 e. The number of carbonyl (C=O) groups is 1. The molecule has 29 heavy (non-hydrogen) atoms. The predicted molar refractivity (Wildman–Crippen MR) is 118 cm³/mol. The van der Waals surface area contributed by atoms with Gasteiger partial charge in [0.15, 0.2) is 8.32 Å². The van der Waals surface area contributed by atoms with Crippen molar-refractivity contribution in [2.24, 2.45) is 0 Å². The molecule has 0 fully saturated rings. The summed E-state index contributed by atoms with van der Waals surface area (Å²) in [5, 5.41) is 0.0742. The summed E-state index contributed by atoms with van der Waals surface area (Å²) in [6.07, 6.45) is -0.608. The summed E-state index contributed by atoms with van der Waals surface area (Å²) >= 11 is 0. The fourth-order valence-corrected chi connectivity index (χ4v) is 4.30. The first-order valence-corrected chi connectivity index (χ1v) is 13.0. The van der Waals surface area contributed by atoms with Crippen molar-refractivity contribution in [3.05, 3.63) is 60.2 Å². The van der Waals surface area contributed by atoms with Crippen molar-refractivity contribution < 1.29 is 18.7 Å². The van der Waals surface area contributed by atoms with Gasteiger partial charge in [-0.3, -0.25) is 4.90 Å². The Morgan fingerprint density at radius 2 is 1.76 bits per heavy atom. The summed E-state index contributed by atoms with van der Waals surface area (Å²) in [5.41, 5.74) is 1.67. The van der Waals surface area contributed by atoms with Gasteiger partial charge in [-0.05, 0) is 35.8 Å². The van der Waals surface area contributed by atoms with Crippen LogP contribution >= 0.6 is 0 Å². The second-order valence-corrected chi connectivity index (χ2v) is 13.7. The molecule has 0 radical (unpaired) electrons. The molecule has 1 atom stereocenters. The number of fused-ring (bicyclic) bond motifs is 1. The van der Waals surface area contributed by atoms with Gasteiger partial charge in [0.05, 0.1) is 18.3 Å². The second kappa shape index (κ2) is 8.59. The Morgan fingerprint density at radius 3 is 2.45 bits per heavy atom. The first-order valence-electron chi connectivity index (χ1n) is 10.1. The fourth-order valence-electron chi connectivity index (χ4n) is 2.97. The van der Waals surface area contributed by atoms with Crippen molar-refractivity contribution in [2.45, 2.75) is 51.6 Å². The van der Waals surface area contributed by atoms with E-state index in [2.05, 4.69) is 33.9 Å². The molecule has 5 nitrogen and oxygen atoms in total. The third kappa shape index (κ3) is 5.19. The van der Waals surface area contributed by atoms with Crippen molar-refractivity contribution in [3.8, 4) is 5.75 Å². The number of hydrogen-bond acceptors (Lipinski definition) is 4. The van der Waals surface area contributed by atoms with Crippen LogP contribution in [0.1, 0.15) is 26.3 Å². The average molecular weight is 414 g/mol. The van der Waals surface area contributed by atoms with E-state index in [1.807, 2.05) is 54.6 Å². The lowest BCUT2D eigenvalue weighted by Crippen LogP contribution is -2.49. The van der Waals surface area contributed by atoms with Gasteiger partial charge < -0.3 is 13.9 Å². The molecule has 0 saturated carbocycles. The molecule has 0 bridgehead atoms. The van der Waals surface area contributed by atoms with E-state index in [0.717, 1.165) is 5.56 Å². The lowest BCUT2D eigenvalue weighted by molar-refractivity contribution is 0.118. The molecule has 6 heteroatoms. The minimum atomic E-state index is -2.01. The van der Waals surface area contributed by atoms with Crippen LogP contribution in [0.3, 0.4) is 0 Å². The van der Waals surface area contributed by atoms with E-state index in [1.165, 1.54) is 0 Å². The van der Waals surface area contributed by atoms with Gasteiger partial charge in [0.2, 0.25) is 0 Å². The van der Waals surface area contributed by atoms with Crippen molar-refractivity contribution in [2.75, 3.05) is 18.1 Å². The third-order valence-corrected chi connectivity index (χ3v) is 10.2. The molecule has 3 rings (SSSR count). The maximum Gasteiger partial charge on any atom is 0.414 e. The molecule has 0 spiro atoms. The van der Waals surface area contributed by atoms with Gasteiger partial charge >= 0.3 is 6.09 Å². The van der Waals surface area contributed by atoms with E-state index >= 15 is 0 Å². The Hall–Kier alpha value is -2.31. The SMILES string of the molecule is CC(C)(C)[Si](C)(C)OC1COc2ccccc2N(C(=O)OCc2ccccc2)C1. The standard InChI is InChI=1S/C23H31NO4Si/c1-23(2,3)29(4,5)28-19-15-24(20-13-9-10-14-21(20)26-17-19)22(25)27-16-18-11-7-6-8-12-18/h6-14,19H,15-17H2,1-5H3. The van der Waals surface area contributed by atoms with Gasteiger partial charge in [-0.15, -0.1) is 0 Å². The summed E-state index contributed by atoms with van der Waals surface area (Å²) in [4.78, 5) is 14.6. The molecule has 1 heterocycles.